The third kappa shape index (κ3) is 19.2. The number of halogens is 3. The van der Waals surface area contributed by atoms with Gasteiger partial charge in [0.1, 0.15) is 13.2 Å². The molecule has 2 unspecified atom stereocenters. The Kier molecular flexibility index (Phi) is 20.7. The van der Waals surface area contributed by atoms with Crippen molar-refractivity contribution in [1.82, 2.24) is 10.6 Å². The predicted octanol–water partition coefficient (Wildman–Crippen LogP) is 4.89. The van der Waals surface area contributed by atoms with Crippen LogP contribution in [0.25, 0.3) is 0 Å². The van der Waals surface area contributed by atoms with Crippen molar-refractivity contribution < 1.29 is 93.3 Å². The SMILES string of the molecule is CC(=O)OC[C@@H](OC(C)=O)[C@@H](OC(C)=O)C(C)O[C@](CC(NC(=O)CNC(=O)C(F)(F)F)OC(C)=O)(OP(=O)(OCc1ccccc1)OCc1ccccc1)C(=O)OCc1ccccc1. The van der Waals surface area contributed by atoms with Crippen LogP contribution in [0.15, 0.2) is 91.0 Å². The van der Waals surface area contributed by atoms with Crippen LogP contribution in [0.1, 0.15) is 57.7 Å². The normalized spacial score (nSPS) is 14.2. The predicted molar refractivity (Wildman–Crippen MR) is 216 cm³/mol. The van der Waals surface area contributed by atoms with Crippen LogP contribution >= 0.6 is 7.82 Å². The van der Waals surface area contributed by atoms with E-state index in [1.165, 1.54) is 5.32 Å². The number of alkyl halides is 3. The lowest BCUT2D eigenvalue weighted by Gasteiger charge is -2.39. The molecule has 0 fully saturated rings. The van der Waals surface area contributed by atoms with E-state index in [2.05, 4.69) is 0 Å². The fourth-order valence-electron chi connectivity index (χ4n) is 5.53. The summed E-state index contributed by atoms with van der Waals surface area (Å²) in [5, 5.41) is 3.38. The van der Waals surface area contributed by atoms with E-state index in [1.807, 2.05) is 5.32 Å². The Bertz CT molecular complexity index is 2070. The van der Waals surface area contributed by atoms with E-state index in [0.717, 1.165) is 34.6 Å². The maximum absolute atomic E-state index is 15.1. The van der Waals surface area contributed by atoms with Crippen LogP contribution in [-0.4, -0.2) is 91.3 Å². The summed E-state index contributed by atoms with van der Waals surface area (Å²) < 4.78 is 105. The summed E-state index contributed by atoms with van der Waals surface area (Å²) in [6.45, 7) is 1.19. The maximum atomic E-state index is 15.1. The van der Waals surface area contributed by atoms with Crippen molar-refractivity contribution in [2.45, 2.75) is 97.4 Å². The van der Waals surface area contributed by atoms with Gasteiger partial charge in [-0.25, -0.2) is 13.9 Å². The highest BCUT2D eigenvalue weighted by Crippen LogP contribution is 2.56. The van der Waals surface area contributed by atoms with Gasteiger partial charge in [0.15, 0.2) is 18.4 Å². The number of carbonyl (C=O) groups is 7. The first kappa shape index (κ1) is 53.2. The van der Waals surface area contributed by atoms with Gasteiger partial charge in [-0.3, -0.25) is 37.8 Å². The number of esters is 5. The molecule has 0 heterocycles. The molecule has 3 rings (SSSR count). The molecule has 0 aliphatic carbocycles. The summed E-state index contributed by atoms with van der Waals surface area (Å²) >= 11 is 0. The second-order valence-corrected chi connectivity index (χ2v) is 15.4. The monoisotopic (exact) mass is 940 g/mol. The summed E-state index contributed by atoms with van der Waals surface area (Å²) in [5.74, 6) is -12.9. The first-order valence-corrected chi connectivity index (χ1v) is 20.9. The molecule has 3 aromatic rings. The van der Waals surface area contributed by atoms with Gasteiger partial charge in [-0.15, -0.1) is 0 Å². The van der Waals surface area contributed by atoms with Crippen molar-refractivity contribution in [2.24, 2.45) is 0 Å². The summed E-state index contributed by atoms with van der Waals surface area (Å²) in [5.41, 5.74) is 1.18. The molecule has 354 valence electrons. The van der Waals surface area contributed by atoms with Gasteiger partial charge in [0.05, 0.1) is 32.3 Å². The van der Waals surface area contributed by atoms with Gasteiger partial charge in [0.25, 0.3) is 5.79 Å². The smallest absolute Gasteiger partial charge is 0.462 e. The second-order valence-electron chi connectivity index (χ2n) is 13.8. The quantitative estimate of drug-likeness (QED) is 0.0497. The first-order valence-electron chi connectivity index (χ1n) is 19.5. The Hall–Kier alpha value is -6.19. The van der Waals surface area contributed by atoms with Crippen LogP contribution in [0.4, 0.5) is 13.2 Å². The Labute approximate surface area is 371 Å². The van der Waals surface area contributed by atoms with E-state index in [1.54, 1.807) is 91.0 Å². The molecule has 0 aromatic heterocycles. The molecule has 23 heteroatoms. The number of benzene rings is 3. The Balaban J connectivity index is 2.31. The molecule has 0 aliphatic rings. The van der Waals surface area contributed by atoms with Gasteiger partial charge in [0.2, 0.25) is 5.91 Å². The Morgan fingerprint density at radius 3 is 1.57 bits per heavy atom. The summed E-state index contributed by atoms with van der Waals surface area (Å²) in [7, 11) is -5.30. The van der Waals surface area contributed by atoms with Crippen molar-refractivity contribution in [3.8, 4) is 0 Å². The van der Waals surface area contributed by atoms with Gasteiger partial charge in [-0.05, 0) is 23.6 Å². The molecule has 0 radical (unpaired) electrons. The molecule has 0 aliphatic heterocycles. The minimum absolute atomic E-state index is 0.367. The van der Waals surface area contributed by atoms with Crippen LogP contribution in [0.2, 0.25) is 0 Å². The lowest BCUT2D eigenvalue weighted by molar-refractivity contribution is -0.265. The highest BCUT2D eigenvalue weighted by atomic mass is 31.2. The maximum Gasteiger partial charge on any atom is 0.478 e. The molecular formula is C42H48F3N2O17P. The van der Waals surface area contributed by atoms with Crippen LogP contribution < -0.4 is 10.6 Å². The van der Waals surface area contributed by atoms with E-state index >= 15 is 4.57 Å². The summed E-state index contributed by atoms with van der Waals surface area (Å²) in [6.07, 6.45) is -14.2. The zero-order valence-corrected chi connectivity index (χ0v) is 36.6. The third-order valence-corrected chi connectivity index (χ3v) is 9.68. The van der Waals surface area contributed by atoms with Gasteiger partial charge < -0.3 is 39.1 Å². The molecule has 65 heavy (non-hydrogen) atoms. The highest BCUT2D eigenvalue weighted by molar-refractivity contribution is 7.48. The lowest BCUT2D eigenvalue weighted by atomic mass is 10.1. The molecule has 0 saturated carbocycles. The molecule has 19 nitrogen and oxygen atoms in total. The number of nitrogens with one attached hydrogen (secondary N) is 2. The summed E-state index contributed by atoms with van der Waals surface area (Å²) in [4.78, 5) is 88.7. The van der Waals surface area contributed by atoms with Crippen LogP contribution in [-0.2, 0) is 99.9 Å². The highest BCUT2D eigenvalue weighted by Gasteiger charge is 2.55. The number of rotatable bonds is 25. The number of amides is 2. The fourth-order valence-corrected chi connectivity index (χ4v) is 6.88. The number of carbonyl (C=O) groups excluding carboxylic acids is 7. The van der Waals surface area contributed by atoms with E-state index < -0.39 is 125 Å². The standard InChI is InChI=1S/C42H48F3N2O17P/c1-27(38(62-31(5)51)35(60-29(3)49)26-56-28(2)48)63-41(40(54)57-23-32-15-9-6-10-16-32,21-37(61-30(4)50)47-36(52)22-46-39(53)42(43,44)45)64-65(55,58-24-33-17-11-7-12-18-33)59-25-34-19-13-8-14-20-34/h6-20,27,35,37-38H,21-26H2,1-5H3,(H,46,53)(H,47,52)/t27?,35-,37?,38+,41-/m1/s1. The van der Waals surface area contributed by atoms with Crippen LogP contribution in [0, 0.1) is 0 Å². The zero-order chi connectivity index (χ0) is 48.2. The average Bonchev–Trinajstić information content (AvgIpc) is 3.24. The van der Waals surface area contributed by atoms with Crippen LogP contribution in [0.5, 0.6) is 0 Å². The number of phosphoric ester groups is 1. The number of phosphoric acid groups is 1. The number of hydrogen-bond acceptors (Lipinski definition) is 17. The van der Waals surface area contributed by atoms with E-state index in [4.69, 9.17) is 42.0 Å². The van der Waals surface area contributed by atoms with Crippen molar-refractivity contribution in [3.63, 3.8) is 0 Å². The van der Waals surface area contributed by atoms with Crippen molar-refractivity contribution >= 4 is 49.5 Å². The van der Waals surface area contributed by atoms with Crippen molar-refractivity contribution in [1.29, 1.82) is 0 Å². The van der Waals surface area contributed by atoms with Gasteiger partial charge in [0, 0.05) is 27.7 Å². The minimum Gasteiger partial charge on any atom is -0.462 e. The number of hydrogen-bond donors (Lipinski definition) is 2. The number of ether oxygens (including phenoxy) is 6. The van der Waals surface area contributed by atoms with Gasteiger partial charge in [-0.2, -0.15) is 13.2 Å². The molecule has 5 atom stereocenters. The lowest BCUT2D eigenvalue weighted by Crippen LogP contribution is -2.57. The first-order chi connectivity index (χ1) is 30.6. The molecular weight excluding hydrogens is 892 g/mol. The molecule has 2 amide bonds. The molecule has 0 saturated heterocycles. The largest absolute Gasteiger partial charge is 0.478 e. The molecule has 2 N–H and O–H groups in total. The zero-order valence-electron chi connectivity index (χ0n) is 35.7. The molecule has 0 bridgehead atoms. The molecule has 3 aromatic carbocycles. The summed E-state index contributed by atoms with van der Waals surface area (Å²) in [6, 6.07) is 24.1. The second kappa shape index (κ2) is 25.3. The van der Waals surface area contributed by atoms with E-state index in [-0.39, 0.29) is 0 Å². The third-order valence-electron chi connectivity index (χ3n) is 8.27. The Morgan fingerprint density at radius 1 is 0.646 bits per heavy atom. The van der Waals surface area contributed by atoms with Gasteiger partial charge in [-0.1, -0.05) is 91.0 Å². The fraction of sp³-hybridized carbons (Fsp3) is 0.405. The van der Waals surface area contributed by atoms with Crippen molar-refractivity contribution in [2.75, 3.05) is 13.2 Å². The van der Waals surface area contributed by atoms with Gasteiger partial charge >= 0.3 is 49.8 Å². The topological polar surface area (TPSA) is 244 Å². The Morgan fingerprint density at radius 2 is 1.12 bits per heavy atom. The average molecular weight is 941 g/mol. The van der Waals surface area contributed by atoms with Crippen molar-refractivity contribution in [3.05, 3.63) is 108 Å². The van der Waals surface area contributed by atoms with E-state index in [0.29, 0.717) is 16.7 Å². The molecule has 0 spiro atoms. The minimum atomic E-state index is -5.40. The van der Waals surface area contributed by atoms with Crippen LogP contribution in [0.3, 0.4) is 0 Å². The van der Waals surface area contributed by atoms with E-state index in [9.17, 15) is 46.7 Å².